The summed E-state index contributed by atoms with van der Waals surface area (Å²) in [5.41, 5.74) is 1.36. The molecule has 3 heteroatoms. The summed E-state index contributed by atoms with van der Waals surface area (Å²) in [5, 5.41) is 2.62. The van der Waals surface area contributed by atoms with Gasteiger partial charge in [-0.15, -0.1) is 6.58 Å². The fourth-order valence-electron chi connectivity index (χ4n) is 0.941. The molecule has 0 saturated heterocycles. The van der Waals surface area contributed by atoms with Crippen LogP contribution in [0.3, 0.4) is 0 Å². The lowest BCUT2D eigenvalue weighted by molar-refractivity contribution is 0.108. The monoisotopic (exact) mass is 195 g/mol. The lowest BCUT2D eigenvalue weighted by Gasteiger charge is -2.03. The summed E-state index contributed by atoms with van der Waals surface area (Å²) in [6.45, 7) is 4.24. The molecule has 1 aromatic carbocycles. The van der Waals surface area contributed by atoms with Crippen molar-refractivity contribution in [2.45, 2.75) is 0 Å². The number of hydrogen-bond donors (Lipinski definition) is 1. The average Bonchev–Trinajstić information content (AvgIpc) is 2.15. The van der Waals surface area contributed by atoms with Gasteiger partial charge >= 0.3 is 0 Å². The van der Waals surface area contributed by atoms with Crippen molar-refractivity contribution in [1.29, 1.82) is 0 Å². The Balaban J connectivity index is 2.79. The first kappa shape index (κ1) is 9.81. The zero-order valence-electron chi connectivity index (χ0n) is 7.09. The summed E-state index contributed by atoms with van der Waals surface area (Å²) in [4.78, 5) is 10.8. The smallest absolute Gasteiger partial charge is 0.252 e. The van der Waals surface area contributed by atoms with Gasteiger partial charge in [0.25, 0.3) is 5.24 Å². The van der Waals surface area contributed by atoms with E-state index in [1.54, 1.807) is 24.3 Å². The van der Waals surface area contributed by atoms with Gasteiger partial charge < -0.3 is 5.32 Å². The molecule has 0 aliphatic heterocycles. The van der Waals surface area contributed by atoms with E-state index in [4.69, 9.17) is 11.6 Å². The summed E-state index contributed by atoms with van der Waals surface area (Å²) in [5.74, 6) is 0. The predicted octanol–water partition coefficient (Wildman–Crippen LogP) is 2.66. The zero-order valence-corrected chi connectivity index (χ0v) is 7.84. The van der Waals surface area contributed by atoms with Crippen LogP contribution in [-0.4, -0.2) is 11.8 Å². The molecule has 0 atom stereocenters. The predicted molar refractivity (Wildman–Crippen MR) is 55.3 cm³/mol. The Morgan fingerprint density at radius 1 is 1.62 bits per heavy atom. The molecule has 0 radical (unpaired) electrons. The van der Waals surface area contributed by atoms with Crippen molar-refractivity contribution in [2.24, 2.45) is 0 Å². The highest BCUT2D eigenvalue weighted by Gasteiger charge is 2.00. The lowest BCUT2D eigenvalue weighted by atomic mass is 10.2. The van der Waals surface area contributed by atoms with Crippen LogP contribution in [0.15, 0.2) is 36.9 Å². The molecule has 0 fully saturated rings. The number of halogens is 1. The number of rotatable bonds is 4. The van der Waals surface area contributed by atoms with Crippen LogP contribution < -0.4 is 5.32 Å². The van der Waals surface area contributed by atoms with Crippen molar-refractivity contribution in [1.82, 2.24) is 0 Å². The molecule has 2 nitrogen and oxygen atoms in total. The molecule has 0 bridgehead atoms. The number of carbonyl (C=O) groups is 1. The molecule has 13 heavy (non-hydrogen) atoms. The Kier molecular flexibility index (Phi) is 3.53. The summed E-state index contributed by atoms with van der Waals surface area (Å²) in [6.07, 6.45) is 1.75. The molecule has 0 aliphatic rings. The average molecular weight is 196 g/mol. The minimum absolute atomic E-state index is 0.442. The third-order valence-electron chi connectivity index (χ3n) is 1.54. The Bertz CT molecular complexity index is 322. The minimum atomic E-state index is -0.442. The van der Waals surface area contributed by atoms with Crippen molar-refractivity contribution in [3.05, 3.63) is 42.5 Å². The maximum Gasteiger partial charge on any atom is 0.252 e. The van der Waals surface area contributed by atoms with Gasteiger partial charge in [0.15, 0.2) is 0 Å². The Hall–Kier alpha value is -1.28. The van der Waals surface area contributed by atoms with Gasteiger partial charge in [-0.2, -0.15) is 0 Å². The molecule has 1 rings (SSSR count). The van der Waals surface area contributed by atoms with Crippen LogP contribution in [0.1, 0.15) is 10.4 Å². The SMILES string of the molecule is C=CCNc1cccc(C(=O)Cl)c1. The molecule has 1 N–H and O–H groups in total. The van der Waals surface area contributed by atoms with Gasteiger partial charge in [0.1, 0.15) is 0 Å². The van der Waals surface area contributed by atoms with Crippen molar-refractivity contribution in [2.75, 3.05) is 11.9 Å². The number of nitrogens with one attached hydrogen (secondary N) is 1. The fraction of sp³-hybridized carbons (Fsp3) is 0.100. The van der Waals surface area contributed by atoms with E-state index in [0.29, 0.717) is 12.1 Å². The van der Waals surface area contributed by atoms with Crippen molar-refractivity contribution >= 4 is 22.5 Å². The van der Waals surface area contributed by atoms with Gasteiger partial charge in [0, 0.05) is 17.8 Å². The van der Waals surface area contributed by atoms with Gasteiger partial charge in [0.05, 0.1) is 0 Å². The largest absolute Gasteiger partial charge is 0.382 e. The highest BCUT2D eigenvalue weighted by molar-refractivity contribution is 6.67. The topological polar surface area (TPSA) is 29.1 Å². The van der Waals surface area contributed by atoms with E-state index in [9.17, 15) is 4.79 Å². The van der Waals surface area contributed by atoms with E-state index in [1.165, 1.54) is 0 Å². The standard InChI is InChI=1S/C10H10ClNO/c1-2-6-12-9-5-3-4-8(7-9)10(11)13/h2-5,7,12H,1,6H2. The molecule has 0 unspecified atom stereocenters. The van der Waals surface area contributed by atoms with Crippen molar-refractivity contribution < 1.29 is 4.79 Å². The molecule has 0 spiro atoms. The number of anilines is 1. The van der Waals surface area contributed by atoms with E-state index in [0.717, 1.165) is 5.69 Å². The lowest BCUT2D eigenvalue weighted by Crippen LogP contribution is -1.98. The molecule has 68 valence electrons. The highest BCUT2D eigenvalue weighted by atomic mass is 35.5. The summed E-state index contributed by atoms with van der Waals surface area (Å²) >= 11 is 5.32. The van der Waals surface area contributed by atoms with Crippen LogP contribution in [0.25, 0.3) is 0 Å². The second-order valence-electron chi connectivity index (χ2n) is 2.52. The molecule has 0 aromatic heterocycles. The van der Waals surface area contributed by atoms with E-state index in [1.807, 2.05) is 6.07 Å². The second kappa shape index (κ2) is 4.67. The highest BCUT2D eigenvalue weighted by Crippen LogP contribution is 2.11. The number of hydrogen-bond acceptors (Lipinski definition) is 2. The molecule has 1 aromatic rings. The van der Waals surface area contributed by atoms with Crippen LogP contribution in [0, 0.1) is 0 Å². The van der Waals surface area contributed by atoms with Crippen LogP contribution in [0.4, 0.5) is 5.69 Å². The summed E-state index contributed by atoms with van der Waals surface area (Å²) < 4.78 is 0. The Morgan fingerprint density at radius 2 is 2.38 bits per heavy atom. The second-order valence-corrected chi connectivity index (χ2v) is 2.87. The van der Waals surface area contributed by atoms with Gasteiger partial charge in [0.2, 0.25) is 0 Å². The zero-order chi connectivity index (χ0) is 9.68. The van der Waals surface area contributed by atoms with Crippen LogP contribution in [-0.2, 0) is 0 Å². The Labute approximate surface area is 82.2 Å². The van der Waals surface area contributed by atoms with E-state index in [-0.39, 0.29) is 0 Å². The first-order valence-corrected chi connectivity index (χ1v) is 4.26. The van der Waals surface area contributed by atoms with Crippen molar-refractivity contribution in [3.8, 4) is 0 Å². The molecular weight excluding hydrogens is 186 g/mol. The first-order chi connectivity index (χ1) is 6.24. The summed E-state index contributed by atoms with van der Waals surface area (Å²) in [7, 11) is 0. The molecule has 0 amide bonds. The van der Waals surface area contributed by atoms with Crippen LogP contribution >= 0.6 is 11.6 Å². The van der Waals surface area contributed by atoms with Crippen molar-refractivity contribution in [3.63, 3.8) is 0 Å². The molecular formula is C10H10ClNO. The number of carbonyl (C=O) groups excluding carboxylic acids is 1. The van der Waals surface area contributed by atoms with Crippen LogP contribution in [0.2, 0.25) is 0 Å². The molecule has 0 aliphatic carbocycles. The van der Waals surface area contributed by atoms with Gasteiger partial charge in [-0.25, -0.2) is 0 Å². The maximum absolute atomic E-state index is 10.8. The third kappa shape index (κ3) is 2.92. The van der Waals surface area contributed by atoms with E-state index in [2.05, 4.69) is 11.9 Å². The van der Waals surface area contributed by atoms with Gasteiger partial charge in [-0.3, -0.25) is 4.79 Å². The maximum atomic E-state index is 10.8. The Morgan fingerprint density at radius 3 is 3.00 bits per heavy atom. The minimum Gasteiger partial charge on any atom is -0.382 e. The molecule has 0 saturated carbocycles. The van der Waals surface area contributed by atoms with Gasteiger partial charge in [-0.1, -0.05) is 12.1 Å². The normalized spacial score (nSPS) is 9.31. The first-order valence-electron chi connectivity index (χ1n) is 3.88. The van der Waals surface area contributed by atoms with E-state index >= 15 is 0 Å². The summed E-state index contributed by atoms with van der Waals surface area (Å²) in [6, 6.07) is 7.03. The van der Waals surface area contributed by atoms with E-state index < -0.39 is 5.24 Å². The fourth-order valence-corrected chi connectivity index (χ4v) is 1.06. The third-order valence-corrected chi connectivity index (χ3v) is 1.76. The van der Waals surface area contributed by atoms with Crippen LogP contribution in [0.5, 0.6) is 0 Å². The number of benzene rings is 1. The molecule has 0 heterocycles. The van der Waals surface area contributed by atoms with Gasteiger partial charge in [-0.05, 0) is 29.8 Å². The quantitative estimate of drug-likeness (QED) is 0.591.